The summed E-state index contributed by atoms with van der Waals surface area (Å²) in [7, 11) is 3.29. The minimum Gasteiger partial charge on any atom is -0.504 e. The van der Waals surface area contributed by atoms with Gasteiger partial charge in [-0.15, -0.1) is 0 Å². The van der Waals surface area contributed by atoms with Crippen LogP contribution in [0.4, 0.5) is 0 Å². The van der Waals surface area contributed by atoms with Crippen LogP contribution in [-0.2, 0) is 7.05 Å². The normalized spacial score (nSPS) is 15.6. The smallest absolute Gasteiger partial charge is 0.257 e. The Labute approximate surface area is 166 Å². The molecule has 0 amide bonds. The number of rotatable bonds is 5. The number of piperazine rings is 1. The van der Waals surface area contributed by atoms with Crippen molar-refractivity contribution < 1.29 is 9.84 Å². The van der Waals surface area contributed by atoms with Crippen LogP contribution in [0, 0.1) is 6.92 Å². The number of phenolic OH excluding ortho intramolecular Hbond substituents is 1. The fourth-order valence-corrected chi connectivity index (χ4v) is 3.68. The molecule has 28 heavy (non-hydrogen) atoms. The number of nitrogens with one attached hydrogen (secondary N) is 1. The third kappa shape index (κ3) is 4.29. The molecule has 2 heterocycles. The van der Waals surface area contributed by atoms with Crippen molar-refractivity contribution in [3.63, 3.8) is 0 Å². The van der Waals surface area contributed by atoms with E-state index in [1.807, 2.05) is 25.3 Å². The van der Waals surface area contributed by atoms with Crippen molar-refractivity contribution in [1.29, 1.82) is 0 Å². The van der Waals surface area contributed by atoms with E-state index in [0.717, 1.165) is 55.0 Å². The second-order valence-electron chi connectivity index (χ2n) is 7.40. The summed E-state index contributed by atoms with van der Waals surface area (Å²) in [5, 5.41) is 13.5. The molecule has 1 aromatic heterocycles. The van der Waals surface area contributed by atoms with Crippen molar-refractivity contribution in [2.24, 2.45) is 7.05 Å². The number of hydrogen-bond acceptors (Lipinski definition) is 5. The molecule has 0 aliphatic carbocycles. The molecule has 2 N–H and O–H groups in total. The minimum atomic E-state index is -0.0151. The Morgan fingerprint density at radius 3 is 2.68 bits per heavy atom. The summed E-state index contributed by atoms with van der Waals surface area (Å²) in [6.07, 6.45) is 3.83. The van der Waals surface area contributed by atoms with E-state index >= 15 is 0 Å². The van der Waals surface area contributed by atoms with Crippen LogP contribution in [0.2, 0.25) is 0 Å². The molecule has 0 unspecified atom stereocenters. The van der Waals surface area contributed by atoms with Gasteiger partial charge in [0.25, 0.3) is 5.56 Å². The van der Waals surface area contributed by atoms with E-state index in [1.165, 1.54) is 7.11 Å². The second kappa shape index (κ2) is 8.63. The van der Waals surface area contributed by atoms with Gasteiger partial charge in [-0.05, 0) is 43.2 Å². The lowest BCUT2D eigenvalue weighted by Gasteiger charge is -2.27. The number of nitrogens with zero attached hydrogens (tertiary/aromatic N) is 2. The largest absolute Gasteiger partial charge is 0.504 e. The molecular weight excluding hydrogens is 354 g/mol. The van der Waals surface area contributed by atoms with Gasteiger partial charge in [0.1, 0.15) is 0 Å². The van der Waals surface area contributed by atoms with E-state index in [1.54, 1.807) is 23.7 Å². The van der Waals surface area contributed by atoms with Crippen LogP contribution < -0.4 is 15.6 Å². The second-order valence-corrected chi connectivity index (χ2v) is 7.40. The van der Waals surface area contributed by atoms with Crippen molar-refractivity contribution in [2.45, 2.75) is 13.8 Å². The Morgan fingerprint density at radius 2 is 2.04 bits per heavy atom. The molecule has 1 aliphatic rings. The Hall–Kier alpha value is -2.57. The maximum Gasteiger partial charge on any atom is 0.257 e. The molecule has 0 radical (unpaired) electrons. The van der Waals surface area contributed by atoms with E-state index in [4.69, 9.17) is 4.74 Å². The van der Waals surface area contributed by atoms with Crippen LogP contribution in [0.3, 0.4) is 0 Å². The lowest BCUT2D eigenvalue weighted by atomic mass is 9.97. The highest BCUT2D eigenvalue weighted by Crippen LogP contribution is 2.33. The fourth-order valence-electron chi connectivity index (χ4n) is 3.68. The highest BCUT2D eigenvalue weighted by Gasteiger charge is 2.14. The first-order valence-electron chi connectivity index (χ1n) is 9.58. The SMILES string of the molecule is COc1ccc(-c2cn(C)c(=O)c(/C=C(\C)CN3CCNCC3)c2C)cc1O. The van der Waals surface area contributed by atoms with Crippen LogP contribution in [0.25, 0.3) is 17.2 Å². The molecule has 1 aliphatic heterocycles. The van der Waals surface area contributed by atoms with Crippen molar-refractivity contribution in [3.05, 3.63) is 51.4 Å². The molecule has 6 nitrogen and oxygen atoms in total. The Bertz CT molecular complexity index is 941. The number of ether oxygens (including phenoxy) is 1. The number of aromatic hydroxyl groups is 1. The first kappa shape index (κ1) is 20.2. The van der Waals surface area contributed by atoms with E-state index < -0.39 is 0 Å². The minimum absolute atomic E-state index is 0.0151. The first-order valence-corrected chi connectivity index (χ1v) is 9.58. The summed E-state index contributed by atoms with van der Waals surface area (Å²) in [6, 6.07) is 5.31. The number of phenols is 1. The molecule has 0 bridgehead atoms. The fraction of sp³-hybridized carbons (Fsp3) is 0.409. The lowest BCUT2D eigenvalue weighted by molar-refractivity contribution is 0.260. The van der Waals surface area contributed by atoms with Crippen LogP contribution in [-0.4, -0.2) is 54.4 Å². The quantitative estimate of drug-likeness (QED) is 0.830. The Balaban J connectivity index is 1.99. The zero-order valence-corrected chi connectivity index (χ0v) is 17.1. The van der Waals surface area contributed by atoms with Gasteiger partial charge in [0.2, 0.25) is 0 Å². The highest BCUT2D eigenvalue weighted by molar-refractivity contribution is 5.73. The molecule has 0 saturated carbocycles. The summed E-state index contributed by atoms with van der Waals surface area (Å²) in [6.45, 7) is 8.95. The number of pyridine rings is 1. The Kier molecular flexibility index (Phi) is 6.21. The van der Waals surface area contributed by atoms with Gasteiger partial charge in [0.05, 0.1) is 7.11 Å². The monoisotopic (exact) mass is 383 g/mol. The standard InChI is InChI=1S/C22H29N3O3/c1-15(13-25-9-7-23-8-10-25)11-18-16(2)19(14-24(3)22(18)27)17-5-6-21(28-4)20(26)12-17/h5-6,11-12,14,23,26H,7-10,13H2,1-4H3/b15-11+. The summed E-state index contributed by atoms with van der Waals surface area (Å²) < 4.78 is 6.74. The Morgan fingerprint density at radius 1 is 1.32 bits per heavy atom. The predicted molar refractivity (Wildman–Crippen MR) is 113 cm³/mol. The number of methoxy groups -OCH3 is 1. The molecule has 1 aromatic carbocycles. The molecule has 3 rings (SSSR count). The van der Waals surface area contributed by atoms with Crippen molar-refractivity contribution in [1.82, 2.24) is 14.8 Å². The highest BCUT2D eigenvalue weighted by atomic mass is 16.5. The molecule has 150 valence electrons. The van der Waals surface area contributed by atoms with Gasteiger partial charge in [-0.1, -0.05) is 11.6 Å². The van der Waals surface area contributed by atoms with Gasteiger partial charge in [-0.3, -0.25) is 9.69 Å². The molecule has 6 heteroatoms. The summed E-state index contributed by atoms with van der Waals surface area (Å²) in [4.78, 5) is 15.2. The number of benzene rings is 1. The van der Waals surface area contributed by atoms with Crippen LogP contribution >= 0.6 is 0 Å². The van der Waals surface area contributed by atoms with Crippen LogP contribution in [0.15, 0.2) is 34.8 Å². The average Bonchev–Trinajstić information content (AvgIpc) is 2.68. The number of aromatic nitrogens is 1. The number of hydrogen-bond donors (Lipinski definition) is 2. The third-order valence-electron chi connectivity index (χ3n) is 5.24. The molecule has 1 saturated heterocycles. The maximum atomic E-state index is 12.8. The van der Waals surface area contributed by atoms with Crippen LogP contribution in [0.1, 0.15) is 18.1 Å². The average molecular weight is 383 g/mol. The van der Waals surface area contributed by atoms with Crippen LogP contribution in [0.5, 0.6) is 11.5 Å². The van der Waals surface area contributed by atoms with E-state index in [9.17, 15) is 9.90 Å². The van der Waals surface area contributed by atoms with Crippen molar-refractivity contribution >= 4 is 6.08 Å². The summed E-state index contributed by atoms with van der Waals surface area (Å²) >= 11 is 0. The van der Waals surface area contributed by atoms with Gasteiger partial charge < -0.3 is 19.7 Å². The molecule has 0 spiro atoms. The zero-order chi connectivity index (χ0) is 20.3. The maximum absolute atomic E-state index is 12.8. The summed E-state index contributed by atoms with van der Waals surface area (Å²) in [5.74, 6) is 0.512. The molecule has 0 atom stereocenters. The van der Waals surface area contributed by atoms with Gasteiger partial charge >= 0.3 is 0 Å². The predicted octanol–water partition coefficient (Wildman–Crippen LogP) is 2.38. The zero-order valence-electron chi connectivity index (χ0n) is 17.1. The van der Waals surface area contributed by atoms with E-state index in [0.29, 0.717) is 11.3 Å². The van der Waals surface area contributed by atoms with Gasteiger partial charge in [-0.25, -0.2) is 0 Å². The number of aryl methyl sites for hydroxylation is 1. The van der Waals surface area contributed by atoms with Gasteiger partial charge in [0, 0.05) is 57.1 Å². The lowest BCUT2D eigenvalue weighted by Crippen LogP contribution is -2.43. The third-order valence-corrected chi connectivity index (χ3v) is 5.24. The first-order chi connectivity index (χ1) is 13.4. The van der Waals surface area contributed by atoms with E-state index in [-0.39, 0.29) is 11.3 Å². The molecular formula is C22H29N3O3. The van der Waals surface area contributed by atoms with E-state index in [2.05, 4.69) is 17.1 Å². The summed E-state index contributed by atoms with van der Waals surface area (Å²) in [5.41, 5.74) is 4.52. The molecule has 2 aromatic rings. The molecule has 1 fully saturated rings. The topological polar surface area (TPSA) is 66.7 Å². The van der Waals surface area contributed by atoms with Gasteiger partial charge in [0.15, 0.2) is 11.5 Å². The van der Waals surface area contributed by atoms with Crippen molar-refractivity contribution in [2.75, 3.05) is 39.8 Å². The van der Waals surface area contributed by atoms with Gasteiger partial charge in [-0.2, -0.15) is 0 Å². The van der Waals surface area contributed by atoms with Crippen molar-refractivity contribution in [3.8, 4) is 22.6 Å².